The van der Waals surface area contributed by atoms with Crippen LogP contribution >= 0.6 is 0 Å². The van der Waals surface area contributed by atoms with Crippen LogP contribution in [0.5, 0.6) is 6.01 Å². The predicted molar refractivity (Wildman–Crippen MR) is 150 cm³/mol. The zero-order valence-corrected chi connectivity index (χ0v) is 23.0. The number of hydrogen-bond donors (Lipinski definition) is 3. The smallest absolute Gasteiger partial charge is 0.327 e. The van der Waals surface area contributed by atoms with Gasteiger partial charge in [0, 0.05) is 25.6 Å². The van der Waals surface area contributed by atoms with E-state index in [2.05, 4.69) is 50.3 Å². The first-order chi connectivity index (χ1) is 18.3. The summed E-state index contributed by atoms with van der Waals surface area (Å²) < 4.78 is 7.28. The third-order valence-corrected chi connectivity index (χ3v) is 7.53. The number of ether oxygens (including phenoxy) is 1. The number of unbranched alkanes of at least 4 members (excludes halogenated alkanes) is 1. The summed E-state index contributed by atoms with van der Waals surface area (Å²) in [6, 6.07) is 0.210. The van der Waals surface area contributed by atoms with Crippen LogP contribution in [0.3, 0.4) is 0 Å². The Morgan fingerprint density at radius 1 is 1.29 bits per heavy atom. The maximum atomic E-state index is 12.7. The Balaban J connectivity index is 1.26. The van der Waals surface area contributed by atoms with Crippen molar-refractivity contribution < 1.29 is 9.53 Å². The van der Waals surface area contributed by atoms with Crippen LogP contribution in [-0.2, 0) is 11.3 Å². The number of rotatable bonds is 12. The number of anilines is 1. The van der Waals surface area contributed by atoms with Gasteiger partial charge in [0.15, 0.2) is 11.5 Å². The van der Waals surface area contributed by atoms with Crippen LogP contribution in [0, 0.1) is 17.8 Å². The minimum Gasteiger partial charge on any atom is -0.463 e. The van der Waals surface area contributed by atoms with Crippen LogP contribution in [0.2, 0.25) is 0 Å². The van der Waals surface area contributed by atoms with E-state index in [1.54, 1.807) is 4.57 Å². The summed E-state index contributed by atoms with van der Waals surface area (Å²) in [6.07, 6.45) is 12.9. The number of amides is 1. The first-order valence-electron chi connectivity index (χ1n) is 14.1. The highest BCUT2D eigenvalue weighted by Gasteiger charge is 2.22. The lowest BCUT2D eigenvalue weighted by atomic mass is 9.92. The van der Waals surface area contributed by atoms with Crippen LogP contribution in [0.25, 0.3) is 11.2 Å². The minimum absolute atomic E-state index is 0.0483. The monoisotopic (exact) mass is 525 g/mol. The van der Waals surface area contributed by atoms with E-state index in [1.807, 2.05) is 13.8 Å². The van der Waals surface area contributed by atoms with Gasteiger partial charge in [-0.25, -0.2) is 4.79 Å². The van der Waals surface area contributed by atoms with Crippen molar-refractivity contribution in [1.82, 2.24) is 29.7 Å². The van der Waals surface area contributed by atoms with Gasteiger partial charge in [-0.15, -0.1) is 0 Å². The number of aromatic nitrogens is 4. The molecule has 0 radical (unpaired) electrons. The Labute approximate surface area is 224 Å². The topological polar surface area (TPSA) is 131 Å². The number of carbonyl (C=O) groups is 1. The summed E-state index contributed by atoms with van der Waals surface area (Å²) in [7, 11) is 0. The number of allylic oxidation sites excluding steroid dienone is 2. The van der Waals surface area contributed by atoms with Crippen LogP contribution in [0.1, 0.15) is 59.3 Å². The van der Waals surface area contributed by atoms with Crippen molar-refractivity contribution >= 4 is 22.9 Å². The first-order valence-corrected chi connectivity index (χ1v) is 14.1. The molecule has 2 aliphatic rings. The molecule has 38 heavy (non-hydrogen) atoms. The van der Waals surface area contributed by atoms with Gasteiger partial charge in [0.2, 0.25) is 5.91 Å². The molecule has 1 amide bonds. The fourth-order valence-corrected chi connectivity index (χ4v) is 5.06. The number of nitrogens with one attached hydrogen (secondary N) is 2. The molecule has 10 heteroatoms. The van der Waals surface area contributed by atoms with Crippen LogP contribution < -0.4 is 21.5 Å². The molecule has 2 aromatic heterocycles. The molecule has 1 atom stereocenters. The average Bonchev–Trinajstić information content (AvgIpc) is 3.21. The lowest BCUT2D eigenvalue weighted by Gasteiger charge is -2.32. The van der Waals surface area contributed by atoms with Gasteiger partial charge < -0.3 is 20.8 Å². The van der Waals surface area contributed by atoms with Crippen LogP contribution in [0.15, 0.2) is 28.6 Å². The van der Waals surface area contributed by atoms with Gasteiger partial charge in [-0.1, -0.05) is 45.4 Å². The van der Waals surface area contributed by atoms with Gasteiger partial charge in [0.1, 0.15) is 5.52 Å². The molecule has 1 aliphatic carbocycles. The van der Waals surface area contributed by atoms with Crippen molar-refractivity contribution in [3.8, 4) is 6.01 Å². The quantitative estimate of drug-likeness (QED) is 0.363. The molecule has 4 rings (SSSR count). The Hall–Kier alpha value is -3.14. The molecule has 4 N–H and O–H groups in total. The van der Waals surface area contributed by atoms with Crippen LogP contribution in [0.4, 0.5) is 5.82 Å². The van der Waals surface area contributed by atoms with Crippen molar-refractivity contribution in [1.29, 1.82) is 0 Å². The molecule has 1 saturated heterocycles. The third kappa shape index (κ3) is 7.24. The molecule has 0 aromatic carbocycles. The molecule has 1 unspecified atom stereocenters. The third-order valence-electron chi connectivity index (χ3n) is 7.53. The Kier molecular flexibility index (Phi) is 9.60. The summed E-state index contributed by atoms with van der Waals surface area (Å²) in [5, 5.41) is 3.04. The summed E-state index contributed by atoms with van der Waals surface area (Å²) in [5.74, 6) is 1.30. The normalized spacial score (nSPS) is 18.7. The van der Waals surface area contributed by atoms with Gasteiger partial charge in [-0.3, -0.25) is 14.3 Å². The van der Waals surface area contributed by atoms with Gasteiger partial charge in [-0.05, 0) is 62.6 Å². The molecule has 208 valence electrons. The first kappa shape index (κ1) is 27.9. The second-order valence-corrected chi connectivity index (χ2v) is 10.9. The van der Waals surface area contributed by atoms with Gasteiger partial charge in [-0.2, -0.15) is 9.97 Å². The van der Waals surface area contributed by atoms with E-state index in [0.29, 0.717) is 30.2 Å². The fraction of sp³-hybridized carbons (Fsp3) is 0.643. The molecule has 10 nitrogen and oxygen atoms in total. The van der Waals surface area contributed by atoms with Crippen molar-refractivity contribution in [2.24, 2.45) is 17.8 Å². The van der Waals surface area contributed by atoms with E-state index < -0.39 is 0 Å². The number of likely N-dealkylation sites (tertiary alicyclic amines) is 1. The lowest BCUT2D eigenvalue weighted by molar-refractivity contribution is -0.124. The average molecular weight is 526 g/mol. The summed E-state index contributed by atoms with van der Waals surface area (Å²) in [4.78, 5) is 38.4. The highest BCUT2D eigenvalue weighted by Crippen LogP contribution is 2.25. The Morgan fingerprint density at radius 3 is 2.76 bits per heavy atom. The van der Waals surface area contributed by atoms with Crippen molar-refractivity contribution in [2.45, 2.75) is 65.8 Å². The fourth-order valence-electron chi connectivity index (χ4n) is 5.06. The molecule has 1 fully saturated rings. The number of piperidine rings is 1. The second kappa shape index (κ2) is 13.1. The van der Waals surface area contributed by atoms with E-state index in [9.17, 15) is 9.59 Å². The Morgan fingerprint density at radius 2 is 2.08 bits per heavy atom. The highest BCUT2D eigenvalue weighted by atomic mass is 16.5. The van der Waals surface area contributed by atoms with Crippen LogP contribution in [-0.4, -0.2) is 63.1 Å². The second-order valence-electron chi connectivity index (χ2n) is 10.9. The van der Waals surface area contributed by atoms with Crippen molar-refractivity contribution in [3.63, 3.8) is 0 Å². The number of nitrogen functional groups attached to an aromatic ring is 1. The van der Waals surface area contributed by atoms with E-state index >= 15 is 0 Å². The number of H-pyrrole nitrogens is 1. The minimum atomic E-state index is -0.235. The van der Waals surface area contributed by atoms with Gasteiger partial charge >= 0.3 is 11.7 Å². The maximum absolute atomic E-state index is 12.7. The van der Waals surface area contributed by atoms with E-state index in [4.69, 9.17) is 10.5 Å². The molecule has 1 aliphatic heterocycles. The summed E-state index contributed by atoms with van der Waals surface area (Å²) >= 11 is 0. The van der Waals surface area contributed by atoms with E-state index in [0.717, 1.165) is 51.9 Å². The number of carbonyl (C=O) groups excluding carboxylic acids is 1. The van der Waals surface area contributed by atoms with Crippen molar-refractivity contribution in [3.05, 3.63) is 34.3 Å². The highest BCUT2D eigenvalue weighted by molar-refractivity contribution is 5.81. The zero-order chi connectivity index (χ0) is 27.1. The number of nitrogens with zero attached hydrogens (tertiary/aromatic N) is 4. The SMILES string of the molecule is CCCCOc1nc(N)c2[nH]c(=O)n(CC3C=CC(CN4CCC(CCNC(=O)C(C)C)CC4)=CC3)c2n1. The molecule has 0 bridgehead atoms. The lowest BCUT2D eigenvalue weighted by Crippen LogP contribution is -2.36. The molecule has 3 heterocycles. The predicted octanol–water partition coefficient (Wildman–Crippen LogP) is 3.26. The van der Waals surface area contributed by atoms with Crippen molar-refractivity contribution in [2.75, 3.05) is 38.5 Å². The summed E-state index contributed by atoms with van der Waals surface area (Å²) in [6.45, 7) is 10.9. The molecular formula is C28H43N7O3. The molecule has 0 saturated carbocycles. The molecular weight excluding hydrogens is 482 g/mol. The zero-order valence-electron chi connectivity index (χ0n) is 23.0. The van der Waals surface area contributed by atoms with Gasteiger partial charge in [0.25, 0.3) is 0 Å². The largest absolute Gasteiger partial charge is 0.463 e. The number of fused-ring (bicyclic) bond motifs is 1. The van der Waals surface area contributed by atoms with E-state index in [-0.39, 0.29) is 35.3 Å². The standard InChI is InChI=1S/C28H43N7O3/c1-4-5-16-38-27-32-24(29)23-25(33-27)35(28(37)31-23)18-22-8-6-21(7-9-22)17-34-14-11-20(12-15-34)10-13-30-26(36)19(2)3/h6-8,19-20,22H,4-5,9-18H2,1-3H3,(H,30,36)(H,31,37)(H2,29,32,33). The number of nitrogens with two attached hydrogens (primary N) is 1. The van der Waals surface area contributed by atoms with Gasteiger partial charge in [0.05, 0.1) is 6.61 Å². The maximum Gasteiger partial charge on any atom is 0.327 e. The Bertz CT molecular complexity index is 1200. The number of imidazole rings is 1. The molecule has 2 aromatic rings. The summed E-state index contributed by atoms with van der Waals surface area (Å²) in [5.41, 5.74) is 8.12. The number of hydrogen-bond acceptors (Lipinski definition) is 7. The van der Waals surface area contributed by atoms with E-state index in [1.165, 1.54) is 18.4 Å². The molecule has 0 spiro atoms. The number of aromatic amines is 1.